The molecule has 2 nitrogen and oxygen atoms in total. The van der Waals surface area contributed by atoms with Crippen molar-refractivity contribution in [2.75, 3.05) is 9.80 Å². The molecule has 2 aliphatic carbocycles. The van der Waals surface area contributed by atoms with E-state index in [2.05, 4.69) is 254 Å². The zero-order chi connectivity index (χ0) is 40.3. The van der Waals surface area contributed by atoms with Gasteiger partial charge in [-0.15, -0.1) is 0 Å². The van der Waals surface area contributed by atoms with Crippen LogP contribution in [-0.2, 0) is 10.8 Å². The van der Waals surface area contributed by atoms with Gasteiger partial charge in [0.2, 0.25) is 0 Å². The lowest BCUT2D eigenvalue weighted by Gasteiger charge is -2.35. The van der Waals surface area contributed by atoms with Crippen molar-refractivity contribution in [1.29, 1.82) is 0 Å². The Balaban J connectivity index is 1.18. The van der Waals surface area contributed by atoms with Gasteiger partial charge >= 0.3 is 0 Å². The SMILES string of the molecule is CC1(C)c2ccccc2-c2c(N(c3cccc(N(c4ccccc4)c4ccccc4)c3)c3cccc(C4(c5ccccc5)c5ccccc5-c5ccccc54)c3)cccc21. The van der Waals surface area contributed by atoms with Crippen LogP contribution in [0.15, 0.2) is 231 Å². The summed E-state index contributed by atoms with van der Waals surface area (Å²) in [6, 6.07) is 84.7. The van der Waals surface area contributed by atoms with Crippen LogP contribution < -0.4 is 9.80 Å². The van der Waals surface area contributed by atoms with Crippen LogP contribution in [0.1, 0.15) is 47.2 Å². The average Bonchev–Trinajstić information content (AvgIpc) is 3.74. The Labute approximate surface area is 353 Å². The molecule has 0 amide bonds. The van der Waals surface area contributed by atoms with E-state index in [1.54, 1.807) is 0 Å². The van der Waals surface area contributed by atoms with Gasteiger partial charge in [-0.2, -0.15) is 0 Å². The van der Waals surface area contributed by atoms with Crippen molar-refractivity contribution in [3.05, 3.63) is 264 Å². The summed E-state index contributed by atoms with van der Waals surface area (Å²) in [5.74, 6) is 0. The minimum Gasteiger partial charge on any atom is -0.310 e. The number of hydrogen-bond donors (Lipinski definition) is 0. The highest BCUT2D eigenvalue weighted by molar-refractivity contribution is 5.96. The van der Waals surface area contributed by atoms with Gasteiger partial charge in [0.1, 0.15) is 0 Å². The molecule has 2 heteroatoms. The first-order valence-electron chi connectivity index (χ1n) is 20.9. The molecule has 0 fully saturated rings. The number of anilines is 6. The van der Waals surface area contributed by atoms with Gasteiger partial charge in [0.05, 0.1) is 11.1 Å². The van der Waals surface area contributed by atoms with Crippen molar-refractivity contribution in [3.8, 4) is 22.3 Å². The third-order valence-corrected chi connectivity index (χ3v) is 12.9. The molecule has 9 aromatic rings. The fourth-order valence-corrected chi connectivity index (χ4v) is 10.3. The van der Waals surface area contributed by atoms with Crippen LogP contribution in [0.5, 0.6) is 0 Å². The molecule has 60 heavy (non-hydrogen) atoms. The molecule has 0 aromatic heterocycles. The Morgan fingerprint density at radius 2 is 0.717 bits per heavy atom. The Morgan fingerprint density at radius 3 is 1.33 bits per heavy atom. The maximum absolute atomic E-state index is 2.50. The summed E-state index contributed by atoms with van der Waals surface area (Å²) in [5.41, 5.74) is 18.9. The molecule has 0 saturated carbocycles. The van der Waals surface area contributed by atoms with Crippen LogP contribution in [0.3, 0.4) is 0 Å². The number of fused-ring (bicyclic) bond motifs is 6. The van der Waals surface area contributed by atoms with E-state index in [-0.39, 0.29) is 5.41 Å². The predicted octanol–water partition coefficient (Wildman–Crippen LogP) is 15.3. The normalized spacial score (nSPS) is 13.8. The van der Waals surface area contributed by atoms with E-state index in [4.69, 9.17) is 0 Å². The van der Waals surface area contributed by atoms with E-state index >= 15 is 0 Å². The van der Waals surface area contributed by atoms with Crippen LogP contribution in [0.2, 0.25) is 0 Å². The van der Waals surface area contributed by atoms with E-state index in [1.807, 2.05) is 0 Å². The second kappa shape index (κ2) is 14.1. The van der Waals surface area contributed by atoms with Crippen molar-refractivity contribution in [2.45, 2.75) is 24.7 Å². The maximum Gasteiger partial charge on any atom is 0.0714 e. The van der Waals surface area contributed by atoms with E-state index in [9.17, 15) is 0 Å². The van der Waals surface area contributed by atoms with Gasteiger partial charge in [0.25, 0.3) is 0 Å². The summed E-state index contributed by atoms with van der Waals surface area (Å²) in [4.78, 5) is 4.85. The first-order valence-corrected chi connectivity index (χ1v) is 20.9. The van der Waals surface area contributed by atoms with Gasteiger partial charge in [-0.3, -0.25) is 0 Å². The number of hydrogen-bond acceptors (Lipinski definition) is 2. The Bertz CT molecular complexity index is 2940. The van der Waals surface area contributed by atoms with Crippen molar-refractivity contribution >= 4 is 34.1 Å². The summed E-state index contributed by atoms with van der Waals surface area (Å²) < 4.78 is 0. The first kappa shape index (κ1) is 35.7. The summed E-state index contributed by atoms with van der Waals surface area (Å²) in [6.07, 6.45) is 0. The molecule has 0 bridgehead atoms. The highest BCUT2D eigenvalue weighted by Gasteiger charge is 2.46. The number of para-hydroxylation sites is 2. The third-order valence-electron chi connectivity index (χ3n) is 12.9. The molecule has 0 spiro atoms. The van der Waals surface area contributed by atoms with Crippen molar-refractivity contribution in [1.82, 2.24) is 0 Å². The lowest BCUT2D eigenvalue weighted by molar-refractivity contribution is 0.660. The smallest absolute Gasteiger partial charge is 0.0714 e. The zero-order valence-electron chi connectivity index (χ0n) is 33.8. The summed E-state index contributed by atoms with van der Waals surface area (Å²) in [6.45, 7) is 4.73. The third kappa shape index (κ3) is 5.41. The summed E-state index contributed by atoms with van der Waals surface area (Å²) in [7, 11) is 0. The van der Waals surface area contributed by atoms with Crippen molar-refractivity contribution in [2.24, 2.45) is 0 Å². The minimum absolute atomic E-state index is 0.149. The Morgan fingerprint density at radius 1 is 0.300 bits per heavy atom. The lowest BCUT2D eigenvalue weighted by Crippen LogP contribution is -2.28. The molecule has 11 rings (SSSR count). The highest BCUT2D eigenvalue weighted by Crippen LogP contribution is 2.58. The van der Waals surface area contributed by atoms with Gasteiger partial charge < -0.3 is 9.80 Å². The molecule has 0 atom stereocenters. The Hall–Kier alpha value is -7.42. The van der Waals surface area contributed by atoms with Crippen LogP contribution in [0, 0.1) is 0 Å². The molecule has 0 heterocycles. The standard InChI is InChI=1S/C58H44N2/c1-57(2)51-34-15-14-33-50(51)56-54(57)37-20-38-55(56)60(47-30-19-29-46(40-47)59(43-24-8-4-9-25-43)44-26-10-5-11-27-44)45-28-18-23-42(39-45)58(41-21-6-3-7-22-41)52-35-16-12-31-48(52)49-32-13-17-36-53(49)58/h3-40H,1-2H3. The number of rotatable bonds is 8. The quantitative estimate of drug-likeness (QED) is 0.152. The van der Waals surface area contributed by atoms with Gasteiger partial charge in [0.15, 0.2) is 0 Å². The van der Waals surface area contributed by atoms with E-state index in [0.717, 1.165) is 34.1 Å². The number of nitrogens with zero attached hydrogens (tertiary/aromatic N) is 2. The molecule has 0 aliphatic heterocycles. The van der Waals surface area contributed by atoms with Crippen molar-refractivity contribution < 1.29 is 0 Å². The van der Waals surface area contributed by atoms with E-state index in [0.29, 0.717) is 0 Å². The van der Waals surface area contributed by atoms with Crippen LogP contribution >= 0.6 is 0 Å². The monoisotopic (exact) mass is 768 g/mol. The second-order valence-corrected chi connectivity index (χ2v) is 16.5. The molecule has 0 saturated heterocycles. The molecule has 0 unspecified atom stereocenters. The molecular weight excluding hydrogens is 725 g/mol. The highest BCUT2D eigenvalue weighted by atomic mass is 15.2. The first-order chi connectivity index (χ1) is 29.5. The van der Waals surface area contributed by atoms with Crippen LogP contribution in [-0.4, -0.2) is 0 Å². The van der Waals surface area contributed by atoms with Gasteiger partial charge in [0, 0.05) is 39.4 Å². The number of benzene rings is 9. The molecule has 0 radical (unpaired) electrons. The van der Waals surface area contributed by atoms with E-state index < -0.39 is 5.41 Å². The topological polar surface area (TPSA) is 6.48 Å². The molecular formula is C58H44N2. The fraction of sp³-hybridized carbons (Fsp3) is 0.0690. The molecule has 286 valence electrons. The van der Waals surface area contributed by atoms with E-state index in [1.165, 1.54) is 55.6 Å². The minimum atomic E-state index is -0.525. The Kier molecular flexibility index (Phi) is 8.42. The lowest BCUT2D eigenvalue weighted by atomic mass is 9.67. The predicted molar refractivity (Wildman–Crippen MR) is 251 cm³/mol. The van der Waals surface area contributed by atoms with Gasteiger partial charge in [-0.05, 0) is 111 Å². The summed E-state index contributed by atoms with van der Waals surface area (Å²) >= 11 is 0. The van der Waals surface area contributed by atoms with Crippen LogP contribution in [0.4, 0.5) is 34.1 Å². The second-order valence-electron chi connectivity index (χ2n) is 16.5. The maximum atomic E-state index is 2.50. The van der Waals surface area contributed by atoms with Crippen LogP contribution in [0.25, 0.3) is 22.3 Å². The fourth-order valence-electron chi connectivity index (χ4n) is 10.3. The van der Waals surface area contributed by atoms with Crippen molar-refractivity contribution in [3.63, 3.8) is 0 Å². The summed E-state index contributed by atoms with van der Waals surface area (Å²) in [5, 5.41) is 0. The largest absolute Gasteiger partial charge is 0.310 e. The average molecular weight is 769 g/mol. The zero-order valence-corrected chi connectivity index (χ0v) is 33.8. The molecule has 9 aromatic carbocycles. The van der Waals surface area contributed by atoms with Gasteiger partial charge in [-0.25, -0.2) is 0 Å². The molecule has 2 aliphatic rings. The van der Waals surface area contributed by atoms with Gasteiger partial charge in [-0.1, -0.05) is 184 Å². The molecule has 0 N–H and O–H groups in total.